The molecule has 1 aromatic carbocycles. The Kier molecular flexibility index (Phi) is 2.97. The van der Waals surface area contributed by atoms with Gasteiger partial charge in [0.25, 0.3) is 0 Å². The highest BCUT2D eigenvalue weighted by Crippen LogP contribution is 2.41. The van der Waals surface area contributed by atoms with Crippen LogP contribution in [0.3, 0.4) is 0 Å². The molecule has 0 atom stereocenters. The van der Waals surface area contributed by atoms with Crippen LogP contribution in [0.5, 0.6) is 0 Å². The molecule has 1 aliphatic carbocycles. The summed E-state index contributed by atoms with van der Waals surface area (Å²) < 4.78 is 0. The van der Waals surface area contributed by atoms with E-state index >= 15 is 0 Å². The maximum absolute atomic E-state index is 11.8. The molecule has 0 saturated heterocycles. The van der Waals surface area contributed by atoms with Crippen LogP contribution in [0.2, 0.25) is 5.15 Å². The zero-order chi connectivity index (χ0) is 13.5. The highest BCUT2D eigenvalue weighted by Gasteiger charge is 2.41. The second kappa shape index (κ2) is 4.53. The molecule has 1 aliphatic rings. The number of nitrogens with one attached hydrogen (secondary N) is 1. The van der Waals surface area contributed by atoms with Crippen molar-refractivity contribution < 1.29 is 9.90 Å². The van der Waals surface area contributed by atoms with E-state index in [1.54, 1.807) is 0 Å². The summed E-state index contributed by atoms with van der Waals surface area (Å²) in [7, 11) is 0. The quantitative estimate of drug-likeness (QED) is 0.883. The third-order valence-electron chi connectivity index (χ3n) is 4.18. The fourth-order valence-electron chi connectivity index (χ4n) is 3.06. The minimum atomic E-state index is -0.757. The standard InChI is InChI=1S/C14H15ClN2O2/c15-12-10-8-9(4-5-11(10)16-17-12)14(13(18)19)6-2-1-3-7-14/h4-5,8H,1-3,6-7H2,(H,16,17)(H,18,19). The van der Waals surface area contributed by atoms with E-state index in [4.69, 9.17) is 11.6 Å². The molecule has 1 aromatic heterocycles. The van der Waals surface area contributed by atoms with Gasteiger partial charge in [0.05, 0.1) is 10.9 Å². The first kappa shape index (κ1) is 12.5. The second-order valence-corrected chi connectivity index (χ2v) is 5.60. The Bertz CT molecular complexity index is 629. The molecule has 0 unspecified atom stereocenters. The second-order valence-electron chi connectivity index (χ2n) is 5.22. The number of fused-ring (bicyclic) bond motifs is 1. The van der Waals surface area contributed by atoms with Crippen molar-refractivity contribution in [3.05, 3.63) is 28.9 Å². The summed E-state index contributed by atoms with van der Waals surface area (Å²) in [6.07, 6.45) is 4.43. The number of nitrogens with zero attached hydrogens (tertiary/aromatic N) is 1. The van der Waals surface area contributed by atoms with Gasteiger partial charge in [-0.3, -0.25) is 9.89 Å². The van der Waals surface area contributed by atoms with Crippen LogP contribution >= 0.6 is 11.6 Å². The molecule has 4 nitrogen and oxygen atoms in total. The normalized spacial score (nSPS) is 18.6. The number of aromatic amines is 1. The molecule has 3 rings (SSSR count). The Morgan fingerprint density at radius 3 is 2.74 bits per heavy atom. The van der Waals surface area contributed by atoms with Crippen LogP contribution < -0.4 is 0 Å². The first-order chi connectivity index (χ1) is 9.13. The predicted octanol–water partition coefficient (Wildman–Crippen LogP) is 3.50. The third-order valence-corrected chi connectivity index (χ3v) is 4.46. The van der Waals surface area contributed by atoms with Gasteiger partial charge in [0, 0.05) is 5.39 Å². The SMILES string of the molecule is O=C(O)C1(c2ccc3n[nH]c(Cl)c3c2)CCCCC1. The van der Waals surface area contributed by atoms with Crippen molar-refractivity contribution in [1.82, 2.24) is 10.2 Å². The number of aliphatic carboxylic acids is 1. The summed E-state index contributed by atoms with van der Waals surface area (Å²) in [4.78, 5) is 11.8. The van der Waals surface area contributed by atoms with E-state index in [0.717, 1.165) is 35.7 Å². The monoisotopic (exact) mass is 278 g/mol. The predicted molar refractivity (Wildman–Crippen MR) is 73.5 cm³/mol. The molecule has 19 heavy (non-hydrogen) atoms. The lowest BCUT2D eigenvalue weighted by molar-refractivity contribution is -0.145. The summed E-state index contributed by atoms with van der Waals surface area (Å²) in [5.41, 5.74) is 0.855. The molecule has 0 amide bonds. The van der Waals surface area contributed by atoms with Crippen molar-refractivity contribution in [2.75, 3.05) is 0 Å². The van der Waals surface area contributed by atoms with Crippen molar-refractivity contribution in [3.63, 3.8) is 0 Å². The van der Waals surface area contributed by atoms with Crippen molar-refractivity contribution in [3.8, 4) is 0 Å². The maximum atomic E-state index is 11.8. The van der Waals surface area contributed by atoms with E-state index in [1.165, 1.54) is 0 Å². The third kappa shape index (κ3) is 1.91. The Balaban J connectivity index is 2.14. The number of aromatic nitrogens is 2. The molecule has 1 saturated carbocycles. The molecule has 1 heterocycles. The molecular formula is C14H15ClN2O2. The molecule has 2 aromatic rings. The summed E-state index contributed by atoms with van der Waals surface area (Å²) in [6.45, 7) is 0. The fraction of sp³-hybridized carbons (Fsp3) is 0.429. The van der Waals surface area contributed by atoms with Crippen molar-refractivity contribution in [2.45, 2.75) is 37.5 Å². The maximum Gasteiger partial charge on any atom is 0.314 e. The van der Waals surface area contributed by atoms with Crippen LogP contribution in [0.4, 0.5) is 0 Å². The van der Waals surface area contributed by atoms with Crippen LogP contribution in [0.25, 0.3) is 10.9 Å². The van der Waals surface area contributed by atoms with E-state index in [9.17, 15) is 9.90 Å². The number of carboxylic acid groups (broad SMARTS) is 1. The minimum Gasteiger partial charge on any atom is -0.481 e. The van der Waals surface area contributed by atoms with Crippen LogP contribution in [0, 0.1) is 0 Å². The van der Waals surface area contributed by atoms with Crippen LogP contribution in [-0.2, 0) is 10.2 Å². The number of halogens is 1. The largest absolute Gasteiger partial charge is 0.481 e. The van der Waals surface area contributed by atoms with Gasteiger partial charge in [0.1, 0.15) is 5.15 Å². The lowest BCUT2D eigenvalue weighted by atomic mass is 9.69. The van der Waals surface area contributed by atoms with E-state index in [2.05, 4.69) is 10.2 Å². The molecule has 0 spiro atoms. The Morgan fingerprint density at radius 1 is 1.32 bits per heavy atom. The van der Waals surface area contributed by atoms with E-state index in [1.807, 2.05) is 18.2 Å². The number of carbonyl (C=O) groups is 1. The fourth-order valence-corrected chi connectivity index (χ4v) is 3.25. The molecule has 2 N–H and O–H groups in total. The van der Waals surface area contributed by atoms with Gasteiger partial charge in [-0.25, -0.2) is 0 Å². The topological polar surface area (TPSA) is 66.0 Å². The smallest absolute Gasteiger partial charge is 0.314 e. The summed E-state index contributed by atoms with van der Waals surface area (Å²) in [5.74, 6) is -0.730. The van der Waals surface area contributed by atoms with Gasteiger partial charge in [-0.05, 0) is 30.5 Å². The van der Waals surface area contributed by atoms with Crippen molar-refractivity contribution in [1.29, 1.82) is 0 Å². The van der Waals surface area contributed by atoms with Gasteiger partial charge in [0.15, 0.2) is 0 Å². The zero-order valence-corrected chi connectivity index (χ0v) is 11.2. The Morgan fingerprint density at radius 2 is 2.05 bits per heavy atom. The first-order valence-corrected chi connectivity index (χ1v) is 6.89. The summed E-state index contributed by atoms with van der Waals surface area (Å²) in [5, 5.41) is 17.7. The number of H-pyrrole nitrogens is 1. The van der Waals surface area contributed by atoms with E-state index < -0.39 is 11.4 Å². The number of hydrogen-bond donors (Lipinski definition) is 2. The molecule has 0 bridgehead atoms. The van der Waals surface area contributed by atoms with E-state index in [0.29, 0.717) is 18.0 Å². The Hall–Kier alpha value is -1.55. The Labute approximate surface area is 115 Å². The highest BCUT2D eigenvalue weighted by molar-refractivity contribution is 6.34. The number of benzene rings is 1. The van der Waals surface area contributed by atoms with Gasteiger partial charge in [-0.15, -0.1) is 0 Å². The van der Waals surface area contributed by atoms with Crippen LogP contribution in [0.15, 0.2) is 18.2 Å². The minimum absolute atomic E-state index is 0.466. The first-order valence-electron chi connectivity index (χ1n) is 6.51. The van der Waals surface area contributed by atoms with Crippen LogP contribution in [-0.4, -0.2) is 21.3 Å². The molecule has 100 valence electrons. The average Bonchev–Trinajstić information content (AvgIpc) is 2.80. The summed E-state index contributed by atoms with van der Waals surface area (Å²) >= 11 is 6.04. The van der Waals surface area contributed by atoms with Gasteiger partial charge in [-0.2, -0.15) is 5.10 Å². The van der Waals surface area contributed by atoms with Crippen molar-refractivity contribution >= 4 is 28.5 Å². The van der Waals surface area contributed by atoms with Gasteiger partial charge >= 0.3 is 5.97 Å². The molecule has 0 aliphatic heterocycles. The summed E-state index contributed by atoms with van der Waals surface area (Å²) in [6, 6.07) is 5.59. The van der Waals surface area contributed by atoms with E-state index in [-0.39, 0.29) is 0 Å². The van der Waals surface area contributed by atoms with Crippen molar-refractivity contribution in [2.24, 2.45) is 0 Å². The molecule has 5 heteroatoms. The van der Waals surface area contributed by atoms with Gasteiger partial charge in [0.2, 0.25) is 0 Å². The molecule has 1 fully saturated rings. The average molecular weight is 279 g/mol. The van der Waals surface area contributed by atoms with Gasteiger partial charge < -0.3 is 5.11 Å². The van der Waals surface area contributed by atoms with Crippen LogP contribution in [0.1, 0.15) is 37.7 Å². The number of rotatable bonds is 2. The zero-order valence-electron chi connectivity index (χ0n) is 10.4. The number of hydrogen-bond acceptors (Lipinski definition) is 2. The highest BCUT2D eigenvalue weighted by atomic mass is 35.5. The molecule has 0 radical (unpaired) electrons. The lowest BCUT2D eigenvalue weighted by Crippen LogP contribution is -2.37. The number of carboxylic acids is 1. The lowest BCUT2D eigenvalue weighted by Gasteiger charge is -2.33. The van der Waals surface area contributed by atoms with Gasteiger partial charge in [-0.1, -0.05) is 36.9 Å². The molecular weight excluding hydrogens is 264 g/mol.